The first-order valence-corrected chi connectivity index (χ1v) is 7.69. The molecule has 0 radical (unpaired) electrons. The number of methoxy groups -OCH3 is 1. The first-order valence-electron chi connectivity index (χ1n) is 6.81. The number of thiophene rings is 1. The molecule has 1 aromatic rings. The number of imide groups is 1. The molecule has 8 heteroatoms. The van der Waals surface area contributed by atoms with E-state index < -0.39 is 5.97 Å². The predicted molar refractivity (Wildman–Crippen MR) is 79.5 cm³/mol. The van der Waals surface area contributed by atoms with Gasteiger partial charge >= 0.3 is 5.97 Å². The number of anilines is 1. The maximum atomic E-state index is 11.9. The highest BCUT2D eigenvalue weighted by Gasteiger charge is 2.28. The van der Waals surface area contributed by atoms with Gasteiger partial charge in [-0.1, -0.05) is 0 Å². The molecule has 1 N–H and O–H groups in total. The predicted octanol–water partition coefficient (Wildman–Crippen LogP) is 1.40. The molecule has 2 heterocycles. The first kappa shape index (κ1) is 16.2. The molecule has 118 valence electrons. The molecule has 0 spiro atoms. The molecule has 2 rings (SSSR count). The summed E-state index contributed by atoms with van der Waals surface area (Å²) in [5.41, 5.74) is 0.412. The third-order valence-corrected chi connectivity index (χ3v) is 4.14. The number of nitrogens with one attached hydrogen (secondary N) is 1. The van der Waals surface area contributed by atoms with Gasteiger partial charge in [-0.2, -0.15) is 0 Å². The lowest BCUT2D eigenvalue weighted by atomic mass is 10.2. The number of likely N-dealkylation sites (tertiary alicyclic amines) is 1. The van der Waals surface area contributed by atoms with Gasteiger partial charge in [0.2, 0.25) is 17.7 Å². The lowest BCUT2D eigenvalue weighted by molar-refractivity contribution is -0.138. The van der Waals surface area contributed by atoms with Gasteiger partial charge in [0.15, 0.2) is 0 Å². The molecule has 1 aromatic heterocycles. The number of carbonyl (C=O) groups is 4. The second-order valence-corrected chi connectivity index (χ2v) is 5.66. The van der Waals surface area contributed by atoms with Crippen LogP contribution < -0.4 is 5.32 Å². The molecule has 3 amide bonds. The summed E-state index contributed by atoms with van der Waals surface area (Å²) in [5.74, 6) is -1.14. The zero-order valence-corrected chi connectivity index (χ0v) is 12.9. The van der Waals surface area contributed by atoms with Crippen molar-refractivity contribution in [3.63, 3.8) is 0 Å². The Morgan fingerprint density at radius 1 is 1.32 bits per heavy atom. The number of ether oxygens (including phenoxy) is 1. The average molecular weight is 324 g/mol. The number of nitrogens with zero attached hydrogens (tertiary/aromatic N) is 1. The van der Waals surface area contributed by atoms with Crippen LogP contribution in [-0.2, 0) is 19.1 Å². The van der Waals surface area contributed by atoms with Crippen molar-refractivity contribution in [3.05, 3.63) is 16.3 Å². The van der Waals surface area contributed by atoms with Gasteiger partial charge < -0.3 is 10.1 Å². The van der Waals surface area contributed by atoms with Crippen molar-refractivity contribution >= 4 is 40.7 Å². The van der Waals surface area contributed by atoms with Crippen LogP contribution in [0.3, 0.4) is 0 Å². The Kier molecular flexibility index (Phi) is 5.26. The molecule has 0 saturated carbocycles. The van der Waals surface area contributed by atoms with Gasteiger partial charge in [0.05, 0.1) is 12.8 Å². The van der Waals surface area contributed by atoms with Crippen molar-refractivity contribution in [2.75, 3.05) is 19.0 Å². The Hall–Kier alpha value is -2.22. The molecule has 1 aliphatic heterocycles. The number of carbonyl (C=O) groups excluding carboxylic acids is 4. The Morgan fingerprint density at radius 3 is 2.64 bits per heavy atom. The maximum Gasteiger partial charge on any atom is 0.350 e. The van der Waals surface area contributed by atoms with E-state index in [0.29, 0.717) is 17.0 Å². The van der Waals surface area contributed by atoms with Crippen LogP contribution in [-0.4, -0.2) is 42.2 Å². The van der Waals surface area contributed by atoms with Gasteiger partial charge in [0, 0.05) is 25.8 Å². The van der Waals surface area contributed by atoms with Crippen LogP contribution in [0.4, 0.5) is 5.69 Å². The summed E-state index contributed by atoms with van der Waals surface area (Å²) >= 11 is 1.18. The zero-order chi connectivity index (χ0) is 16.1. The molecule has 1 aliphatic rings. The van der Waals surface area contributed by atoms with E-state index in [0.717, 1.165) is 0 Å². The standard InChI is InChI=1S/C14H16N2O5S/c1-21-14(20)13-9(6-8-22-13)15-10(17)3-2-7-16-11(18)4-5-12(16)19/h6,8H,2-5,7H2,1H3,(H,15,17). The normalized spacial score (nSPS) is 14.3. The molecule has 1 fully saturated rings. The Labute approximate surface area is 131 Å². The monoisotopic (exact) mass is 324 g/mol. The molecular formula is C14H16N2O5S. The third kappa shape index (κ3) is 3.70. The number of rotatable bonds is 6. The van der Waals surface area contributed by atoms with E-state index in [2.05, 4.69) is 10.1 Å². The highest BCUT2D eigenvalue weighted by Crippen LogP contribution is 2.23. The largest absolute Gasteiger partial charge is 0.465 e. The second kappa shape index (κ2) is 7.17. The van der Waals surface area contributed by atoms with Gasteiger partial charge in [-0.05, 0) is 17.9 Å². The topological polar surface area (TPSA) is 92.8 Å². The van der Waals surface area contributed by atoms with Crippen molar-refractivity contribution in [2.24, 2.45) is 0 Å². The van der Waals surface area contributed by atoms with Crippen molar-refractivity contribution in [2.45, 2.75) is 25.7 Å². The summed E-state index contributed by atoms with van der Waals surface area (Å²) < 4.78 is 4.63. The van der Waals surface area contributed by atoms with E-state index >= 15 is 0 Å². The Balaban J connectivity index is 1.81. The van der Waals surface area contributed by atoms with Crippen molar-refractivity contribution in [3.8, 4) is 0 Å². The Bertz CT molecular complexity index is 594. The molecule has 0 atom stereocenters. The molecule has 1 saturated heterocycles. The van der Waals surface area contributed by atoms with E-state index in [9.17, 15) is 19.2 Å². The number of esters is 1. The zero-order valence-electron chi connectivity index (χ0n) is 12.1. The maximum absolute atomic E-state index is 11.9. The summed E-state index contributed by atoms with van der Waals surface area (Å²) in [6, 6.07) is 1.63. The number of amides is 3. The quantitative estimate of drug-likeness (QED) is 0.631. The van der Waals surface area contributed by atoms with Crippen molar-refractivity contribution < 1.29 is 23.9 Å². The molecule has 0 bridgehead atoms. The molecular weight excluding hydrogens is 308 g/mol. The van der Waals surface area contributed by atoms with Crippen molar-refractivity contribution in [1.29, 1.82) is 0 Å². The van der Waals surface area contributed by atoms with E-state index in [-0.39, 0.29) is 43.5 Å². The van der Waals surface area contributed by atoms with Gasteiger partial charge in [-0.25, -0.2) is 4.79 Å². The average Bonchev–Trinajstić information content (AvgIpc) is 3.07. The fourth-order valence-electron chi connectivity index (χ4n) is 2.14. The number of hydrogen-bond donors (Lipinski definition) is 1. The fraction of sp³-hybridized carbons (Fsp3) is 0.429. The molecule has 0 aromatic carbocycles. The number of hydrogen-bond acceptors (Lipinski definition) is 6. The van der Waals surface area contributed by atoms with Crippen molar-refractivity contribution in [1.82, 2.24) is 4.90 Å². The molecule has 0 unspecified atom stereocenters. The molecule has 0 aliphatic carbocycles. The van der Waals surface area contributed by atoms with Crippen LogP contribution in [0.5, 0.6) is 0 Å². The summed E-state index contributed by atoms with van der Waals surface area (Å²) in [4.78, 5) is 47.7. The second-order valence-electron chi connectivity index (χ2n) is 4.75. The summed E-state index contributed by atoms with van der Waals surface area (Å²) in [7, 11) is 1.28. The minimum atomic E-state index is -0.501. The highest BCUT2D eigenvalue weighted by atomic mass is 32.1. The minimum absolute atomic E-state index is 0.160. The fourth-order valence-corrected chi connectivity index (χ4v) is 2.91. The van der Waals surface area contributed by atoms with E-state index in [1.165, 1.54) is 23.3 Å². The first-order chi connectivity index (χ1) is 10.5. The van der Waals surface area contributed by atoms with E-state index in [4.69, 9.17) is 0 Å². The minimum Gasteiger partial charge on any atom is -0.465 e. The van der Waals surface area contributed by atoms with Crippen LogP contribution in [0, 0.1) is 0 Å². The summed E-state index contributed by atoms with van der Waals surface area (Å²) in [6.45, 7) is 0.249. The summed E-state index contributed by atoms with van der Waals surface area (Å²) in [6.07, 6.45) is 1.05. The smallest absolute Gasteiger partial charge is 0.350 e. The Morgan fingerprint density at radius 2 is 2.00 bits per heavy atom. The summed E-state index contributed by atoms with van der Waals surface area (Å²) in [5, 5.41) is 4.32. The van der Waals surface area contributed by atoms with Gasteiger partial charge in [-0.15, -0.1) is 11.3 Å². The lowest BCUT2D eigenvalue weighted by Crippen LogP contribution is -2.30. The van der Waals surface area contributed by atoms with Gasteiger partial charge in [0.25, 0.3) is 0 Å². The molecule has 22 heavy (non-hydrogen) atoms. The van der Waals surface area contributed by atoms with Gasteiger partial charge in [0.1, 0.15) is 4.88 Å². The third-order valence-electron chi connectivity index (χ3n) is 3.25. The van der Waals surface area contributed by atoms with Gasteiger partial charge in [-0.3, -0.25) is 19.3 Å². The highest BCUT2D eigenvalue weighted by molar-refractivity contribution is 7.12. The van der Waals surface area contributed by atoms with Crippen LogP contribution >= 0.6 is 11.3 Å². The lowest BCUT2D eigenvalue weighted by Gasteiger charge is -2.13. The van der Waals surface area contributed by atoms with Crippen LogP contribution in [0.15, 0.2) is 11.4 Å². The van der Waals surface area contributed by atoms with E-state index in [1.807, 2.05) is 0 Å². The van der Waals surface area contributed by atoms with Crippen LogP contribution in [0.25, 0.3) is 0 Å². The SMILES string of the molecule is COC(=O)c1sccc1NC(=O)CCCN1C(=O)CCC1=O. The van der Waals surface area contributed by atoms with Crippen LogP contribution in [0.2, 0.25) is 0 Å². The van der Waals surface area contributed by atoms with Crippen LogP contribution in [0.1, 0.15) is 35.4 Å². The molecule has 7 nitrogen and oxygen atoms in total. The van der Waals surface area contributed by atoms with E-state index in [1.54, 1.807) is 11.4 Å².